The second-order valence-electron chi connectivity index (χ2n) is 10.0. The molecule has 0 heterocycles. The fraction of sp³-hybridized carbons (Fsp3) is 0.950. The summed E-state index contributed by atoms with van der Waals surface area (Å²) in [5.74, 6) is 0.348. The number of hydrogen-bond donors (Lipinski definition) is 3. The zero-order valence-electron chi connectivity index (χ0n) is 15.1. The van der Waals surface area contributed by atoms with Gasteiger partial charge in [0.15, 0.2) is 0 Å². The number of fused-ring (bicyclic) bond motifs is 3. The Balaban J connectivity index is 1.73. The first-order valence-electron chi connectivity index (χ1n) is 9.77. The summed E-state index contributed by atoms with van der Waals surface area (Å²) in [5, 5.41) is 30.6. The van der Waals surface area contributed by atoms with Crippen LogP contribution in [-0.2, 0) is 4.79 Å². The van der Waals surface area contributed by atoms with Crippen molar-refractivity contribution in [2.24, 2.45) is 34.0 Å². The topological polar surface area (TPSA) is 77.8 Å². The summed E-state index contributed by atoms with van der Waals surface area (Å²) in [7, 11) is 0. The first-order valence-corrected chi connectivity index (χ1v) is 9.77. The average Bonchev–Trinajstić information content (AvgIpc) is 2.73. The number of aliphatic carboxylic acids is 1. The summed E-state index contributed by atoms with van der Waals surface area (Å²) < 4.78 is 0. The summed E-state index contributed by atoms with van der Waals surface area (Å²) >= 11 is 0. The minimum absolute atomic E-state index is 0.0648. The van der Waals surface area contributed by atoms with Crippen molar-refractivity contribution in [2.75, 3.05) is 6.61 Å². The standard InChI is InChI=1S/C20H32O4/c1-17-7-3-8-18(2,16(22)23)14(17)6-9-19-10-13(4-5-15(17)19)20(24,11-19)12-21/h13-15,21,24H,3-12H2,1-2H3,(H,22,23)/t13-,14-,15-,17+,18+,19+,20+/m1/s1. The zero-order chi connectivity index (χ0) is 17.4. The molecule has 4 aliphatic rings. The van der Waals surface area contributed by atoms with E-state index in [2.05, 4.69) is 6.92 Å². The number of carboxylic acids is 1. The molecule has 0 radical (unpaired) electrons. The van der Waals surface area contributed by atoms with Gasteiger partial charge in [0.25, 0.3) is 0 Å². The average molecular weight is 336 g/mol. The van der Waals surface area contributed by atoms with Gasteiger partial charge < -0.3 is 15.3 Å². The second-order valence-corrected chi connectivity index (χ2v) is 10.0. The van der Waals surface area contributed by atoms with Gasteiger partial charge in [0.1, 0.15) is 0 Å². The van der Waals surface area contributed by atoms with Crippen LogP contribution in [0.15, 0.2) is 0 Å². The van der Waals surface area contributed by atoms with Crippen molar-refractivity contribution in [3.8, 4) is 0 Å². The monoisotopic (exact) mass is 336 g/mol. The van der Waals surface area contributed by atoms with E-state index < -0.39 is 17.0 Å². The fourth-order valence-corrected chi connectivity index (χ4v) is 8.06. The SMILES string of the molecule is C[C@]12CCC[C@](C)(C(=O)O)[C@@H]1CC[C@@]13C[C@@H](CC[C@@H]12)[C@@](O)(CO)C3. The maximum Gasteiger partial charge on any atom is 0.309 e. The molecule has 2 bridgehead atoms. The zero-order valence-corrected chi connectivity index (χ0v) is 15.1. The van der Waals surface area contributed by atoms with E-state index in [1.54, 1.807) is 0 Å². The normalized spacial score (nSPS) is 56.4. The highest BCUT2D eigenvalue weighted by Crippen LogP contribution is 2.72. The third kappa shape index (κ3) is 1.90. The highest BCUT2D eigenvalue weighted by Gasteiger charge is 2.68. The third-order valence-electron chi connectivity index (χ3n) is 9.08. The van der Waals surface area contributed by atoms with Gasteiger partial charge in [-0.3, -0.25) is 4.79 Å². The van der Waals surface area contributed by atoms with Gasteiger partial charge in [-0.2, -0.15) is 0 Å². The summed E-state index contributed by atoms with van der Waals surface area (Å²) in [6.07, 6.45) is 8.73. The lowest BCUT2D eigenvalue weighted by molar-refractivity contribution is -0.181. The van der Waals surface area contributed by atoms with Crippen LogP contribution in [0.5, 0.6) is 0 Å². The van der Waals surface area contributed by atoms with Crippen molar-refractivity contribution in [2.45, 2.75) is 77.2 Å². The predicted octanol–water partition coefficient (Wildman–Crippen LogP) is 3.21. The number of aliphatic hydroxyl groups is 2. The van der Waals surface area contributed by atoms with Crippen LogP contribution in [0.25, 0.3) is 0 Å². The second kappa shape index (κ2) is 4.97. The van der Waals surface area contributed by atoms with Gasteiger partial charge in [-0.1, -0.05) is 13.3 Å². The van der Waals surface area contributed by atoms with Gasteiger partial charge in [0, 0.05) is 0 Å². The molecule has 0 saturated heterocycles. The molecule has 0 unspecified atom stereocenters. The minimum atomic E-state index is -0.900. The molecular weight excluding hydrogens is 304 g/mol. The van der Waals surface area contributed by atoms with Crippen LogP contribution in [0.2, 0.25) is 0 Å². The summed E-state index contributed by atoms with van der Waals surface area (Å²) in [6, 6.07) is 0. The van der Waals surface area contributed by atoms with Gasteiger partial charge in [-0.05, 0) is 86.9 Å². The van der Waals surface area contributed by atoms with Crippen molar-refractivity contribution in [3.05, 3.63) is 0 Å². The molecule has 24 heavy (non-hydrogen) atoms. The number of aliphatic hydroxyl groups excluding tert-OH is 1. The quantitative estimate of drug-likeness (QED) is 0.723. The highest BCUT2D eigenvalue weighted by atomic mass is 16.4. The summed E-state index contributed by atoms with van der Waals surface area (Å²) in [4.78, 5) is 12.1. The molecular formula is C20H32O4. The summed E-state index contributed by atoms with van der Waals surface area (Å²) in [6.45, 7) is 4.19. The fourth-order valence-electron chi connectivity index (χ4n) is 8.06. The first-order chi connectivity index (χ1) is 11.2. The Kier molecular flexibility index (Phi) is 3.49. The van der Waals surface area contributed by atoms with Crippen LogP contribution in [0.3, 0.4) is 0 Å². The Hall–Kier alpha value is -0.610. The van der Waals surface area contributed by atoms with Crippen LogP contribution in [0, 0.1) is 34.0 Å². The number of carboxylic acid groups (broad SMARTS) is 1. The molecule has 4 fully saturated rings. The number of rotatable bonds is 2. The van der Waals surface area contributed by atoms with Crippen LogP contribution in [-0.4, -0.2) is 33.5 Å². The van der Waals surface area contributed by atoms with Crippen molar-refractivity contribution in [3.63, 3.8) is 0 Å². The lowest BCUT2D eigenvalue weighted by atomic mass is 9.41. The number of hydrogen-bond acceptors (Lipinski definition) is 3. The van der Waals surface area contributed by atoms with E-state index >= 15 is 0 Å². The largest absolute Gasteiger partial charge is 0.481 e. The Morgan fingerprint density at radius 1 is 1.08 bits per heavy atom. The molecule has 0 aromatic carbocycles. The van der Waals surface area contributed by atoms with Gasteiger partial charge >= 0.3 is 5.97 Å². The van der Waals surface area contributed by atoms with E-state index in [0.717, 1.165) is 57.8 Å². The molecule has 0 amide bonds. The molecule has 4 rings (SSSR count). The molecule has 1 spiro atoms. The number of carbonyl (C=O) groups is 1. The van der Waals surface area contributed by atoms with Crippen LogP contribution >= 0.6 is 0 Å². The third-order valence-corrected chi connectivity index (χ3v) is 9.08. The molecule has 0 aliphatic heterocycles. The molecule has 4 heteroatoms. The van der Waals surface area contributed by atoms with Gasteiger partial charge in [-0.25, -0.2) is 0 Å². The molecule has 0 aromatic heterocycles. The molecule has 136 valence electrons. The van der Waals surface area contributed by atoms with E-state index in [1.807, 2.05) is 6.92 Å². The van der Waals surface area contributed by atoms with Gasteiger partial charge in [0.05, 0.1) is 17.6 Å². The van der Waals surface area contributed by atoms with Crippen molar-refractivity contribution < 1.29 is 20.1 Å². The van der Waals surface area contributed by atoms with E-state index in [1.165, 1.54) is 0 Å². The maximum atomic E-state index is 12.1. The van der Waals surface area contributed by atoms with E-state index in [-0.39, 0.29) is 29.3 Å². The van der Waals surface area contributed by atoms with Crippen LogP contribution < -0.4 is 0 Å². The van der Waals surface area contributed by atoms with Crippen molar-refractivity contribution >= 4 is 5.97 Å². The van der Waals surface area contributed by atoms with Crippen molar-refractivity contribution in [1.29, 1.82) is 0 Å². The Bertz CT molecular complexity index is 562. The molecule has 4 saturated carbocycles. The van der Waals surface area contributed by atoms with E-state index in [4.69, 9.17) is 0 Å². The molecule has 0 aromatic rings. The lowest BCUT2D eigenvalue weighted by Gasteiger charge is -2.63. The van der Waals surface area contributed by atoms with Gasteiger partial charge in [0.2, 0.25) is 0 Å². The Morgan fingerprint density at radius 2 is 1.83 bits per heavy atom. The predicted molar refractivity (Wildman–Crippen MR) is 90.3 cm³/mol. The lowest BCUT2D eigenvalue weighted by Crippen LogP contribution is -2.58. The summed E-state index contributed by atoms with van der Waals surface area (Å²) in [5.41, 5.74) is -1.31. The maximum absolute atomic E-state index is 12.1. The molecule has 4 nitrogen and oxygen atoms in total. The Morgan fingerprint density at radius 3 is 2.50 bits per heavy atom. The van der Waals surface area contributed by atoms with Crippen molar-refractivity contribution in [1.82, 2.24) is 0 Å². The molecule has 3 N–H and O–H groups in total. The smallest absolute Gasteiger partial charge is 0.309 e. The van der Waals surface area contributed by atoms with Crippen LogP contribution in [0.4, 0.5) is 0 Å². The van der Waals surface area contributed by atoms with Crippen LogP contribution in [0.1, 0.15) is 71.6 Å². The molecule has 4 aliphatic carbocycles. The van der Waals surface area contributed by atoms with E-state index in [0.29, 0.717) is 5.92 Å². The highest BCUT2D eigenvalue weighted by molar-refractivity contribution is 5.75. The first kappa shape index (κ1) is 16.8. The van der Waals surface area contributed by atoms with E-state index in [9.17, 15) is 20.1 Å². The Labute approximate surface area is 144 Å². The minimum Gasteiger partial charge on any atom is -0.481 e. The van der Waals surface area contributed by atoms with Gasteiger partial charge in [-0.15, -0.1) is 0 Å². The molecule has 7 atom stereocenters.